The van der Waals surface area contributed by atoms with Gasteiger partial charge in [-0.25, -0.2) is 0 Å². The van der Waals surface area contributed by atoms with E-state index >= 15 is 0 Å². The van der Waals surface area contributed by atoms with Crippen molar-refractivity contribution >= 4 is 23.0 Å². The molecule has 0 amide bonds. The summed E-state index contributed by atoms with van der Waals surface area (Å²) in [5.74, 6) is 1.75. The van der Waals surface area contributed by atoms with Crippen molar-refractivity contribution in [3.05, 3.63) is 87.5 Å². The molecular formula is C23H18N2O5. The normalized spacial score (nSPS) is 14.7. The quantitative estimate of drug-likeness (QED) is 0.509. The van der Waals surface area contributed by atoms with E-state index in [1.165, 1.54) is 6.07 Å². The van der Waals surface area contributed by atoms with Gasteiger partial charge in [0, 0.05) is 41.6 Å². The lowest BCUT2D eigenvalue weighted by atomic mass is 9.98. The number of nitro groups is 1. The van der Waals surface area contributed by atoms with E-state index in [1.807, 2.05) is 35.2 Å². The number of phenolic OH excluding ortho intramolecular Hbond substituents is 1. The number of ether oxygens (including phenoxy) is 2. The predicted octanol–water partition coefficient (Wildman–Crippen LogP) is 4.59. The number of rotatable bonds is 3. The van der Waals surface area contributed by atoms with Crippen LogP contribution in [0.3, 0.4) is 0 Å². The third-order valence-corrected chi connectivity index (χ3v) is 5.29. The molecule has 0 aromatic heterocycles. The van der Waals surface area contributed by atoms with Crippen LogP contribution < -0.4 is 14.4 Å². The molecule has 2 heterocycles. The summed E-state index contributed by atoms with van der Waals surface area (Å²) in [4.78, 5) is 12.6. The molecule has 2 aliphatic heterocycles. The maximum atomic E-state index is 11.1. The van der Waals surface area contributed by atoms with E-state index in [4.69, 9.17) is 9.47 Å². The molecule has 7 nitrogen and oxygen atoms in total. The molecule has 0 fully saturated rings. The van der Waals surface area contributed by atoms with Gasteiger partial charge in [-0.05, 0) is 41.5 Å². The minimum atomic E-state index is -0.397. The average Bonchev–Trinajstić information content (AvgIpc) is 2.77. The number of phenols is 1. The Balaban J connectivity index is 1.45. The van der Waals surface area contributed by atoms with Gasteiger partial charge in [-0.1, -0.05) is 18.2 Å². The van der Waals surface area contributed by atoms with Gasteiger partial charge < -0.3 is 19.5 Å². The zero-order valence-corrected chi connectivity index (χ0v) is 15.9. The first-order valence-corrected chi connectivity index (χ1v) is 9.49. The number of fused-ring (bicyclic) bond motifs is 2. The van der Waals surface area contributed by atoms with Crippen molar-refractivity contribution in [2.45, 2.75) is 6.54 Å². The summed E-state index contributed by atoms with van der Waals surface area (Å²) < 4.78 is 11.9. The van der Waals surface area contributed by atoms with Crippen molar-refractivity contribution in [1.82, 2.24) is 0 Å². The molecule has 0 saturated heterocycles. The van der Waals surface area contributed by atoms with Gasteiger partial charge >= 0.3 is 0 Å². The topological polar surface area (TPSA) is 85.1 Å². The number of anilines is 1. The van der Waals surface area contributed by atoms with Crippen LogP contribution in [0.4, 0.5) is 11.4 Å². The Hall–Kier alpha value is -4.00. The molecule has 0 atom stereocenters. The molecular weight excluding hydrogens is 384 g/mol. The highest BCUT2D eigenvalue weighted by Crippen LogP contribution is 2.38. The maximum Gasteiger partial charge on any atom is 0.271 e. The molecule has 150 valence electrons. The molecule has 0 saturated carbocycles. The fourth-order valence-corrected chi connectivity index (χ4v) is 3.72. The second-order valence-electron chi connectivity index (χ2n) is 7.25. The zero-order chi connectivity index (χ0) is 20.7. The van der Waals surface area contributed by atoms with Gasteiger partial charge in [0.25, 0.3) is 5.69 Å². The molecule has 3 aromatic carbocycles. The lowest BCUT2D eigenvalue weighted by Gasteiger charge is -2.32. The summed E-state index contributed by atoms with van der Waals surface area (Å²) in [5, 5.41) is 20.6. The lowest BCUT2D eigenvalue weighted by Crippen LogP contribution is -2.32. The molecule has 1 N–H and O–H groups in total. The van der Waals surface area contributed by atoms with Crippen molar-refractivity contribution in [2.75, 3.05) is 18.2 Å². The van der Waals surface area contributed by atoms with Gasteiger partial charge in [0.1, 0.15) is 23.9 Å². The highest BCUT2D eigenvalue weighted by atomic mass is 16.6. The molecule has 7 heteroatoms. The van der Waals surface area contributed by atoms with Crippen LogP contribution in [0.15, 0.2) is 60.7 Å². The van der Waals surface area contributed by atoms with E-state index in [2.05, 4.69) is 6.08 Å². The SMILES string of the molecule is O=[N+]([O-])c1cccc(N2COc3cc4c(cc3C2)C=C(c2ccc(O)cc2)CO4)c1. The second kappa shape index (κ2) is 7.11. The number of hydrogen-bond acceptors (Lipinski definition) is 6. The first-order valence-electron chi connectivity index (χ1n) is 9.49. The zero-order valence-electron chi connectivity index (χ0n) is 15.9. The van der Waals surface area contributed by atoms with Crippen LogP contribution in [0.1, 0.15) is 16.7 Å². The number of nitrogens with zero attached hydrogens (tertiary/aromatic N) is 2. The fourth-order valence-electron chi connectivity index (χ4n) is 3.72. The van der Waals surface area contributed by atoms with E-state index in [0.717, 1.165) is 39.4 Å². The van der Waals surface area contributed by atoms with Gasteiger partial charge in [-0.2, -0.15) is 0 Å². The lowest BCUT2D eigenvalue weighted by molar-refractivity contribution is -0.384. The fraction of sp³-hybridized carbons (Fsp3) is 0.130. The summed E-state index contributed by atoms with van der Waals surface area (Å²) >= 11 is 0. The van der Waals surface area contributed by atoms with Crippen LogP contribution in [-0.2, 0) is 6.54 Å². The van der Waals surface area contributed by atoms with Crippen molar-refractivity contribution in [3.63, 3.8) is 0 Å². The van der Waals surface area contributed by atoms with Crippen molar-refractivity contribution < 1.29 is 19.5 Å². The molecule has 5 rings (SSSR count). The van der Waals surface area contributed by atoms with Crippen LogP contribution in [0.2, 0.25) is 0 Å². The van der Waals surface area contributed by atoms with E-state index in [9.17, 15) is 15.2 Å². The van der Waals surface area contributed by atoms with E-state index in [-0.39, 0.29) is 11.4 Å². The highest BCUT2D eigenvalue weighted by Gasteiger charge is 2.23. The Bertz CT molecular complexity index is 1170. The number of non-ortho nitro benzene ring substituents is 1. The summed E-state index contributed by atoms with van der Waals surface area (Å²) in [6, 6.07) is 17.5. The Morgan fingerprint density at radius 3 is 2.63 bits per heavy atom. The van der Waals surface area contributed by atoms with Crippen molar-refractivity contribution in [3.8, 4) is 17.2 Å². The summed E-state index contributed by atoms with van der Waals surface area (Å²) in [6.45, 7) is 1.32. The Morgan fingerprint density at radius 2 is 1.83 bits per heavy atom. The first-order chi connectivity index (χ1) is 14.6. The third-order valence-electron chi connectivity index (χ3n) is 5.29. The summed E-state index contributed by atoms with van der Waals surface area (Å²) in [7, 11) is 0. The number of hydrogen-bond donors (Lipinski definition) is 1. The van der Waals surface area contributed by atoms with Gasteiger partial charge in [0.2, 0.25) is 0 Å². The standard InChI is InChI=1S/C23H18N2O5/c26-21-6-4-15(5-7-21)18-9-16-8-17-12-24(14-30-23(17)11-22(16)29-13-18)19-2-1-3-20(10-19)25(27)28/h1-11,26H,12-14H2. The third kappa shape index (κ3) is 3.30. The van der Waals surface area contributed by atoms with Crippen LogP contribution >= 0.6 is 0 Å². The van der Waals surface area contributed by atoms with Crippen LogP contribution in [0, 0.1) is 10.1 Å². The first kappa shape index (κ1) is 18.1. The molecule has 0 aliphatic carbocycles. The molecule has 3 aromatic rings. The Labute approximate surface area is 172 Å². The minimum absolute atomic E-state index is 0.0543. The van der Waals surface area contributed by atoms with E-state index < -0.39 is 4.92 Å². The average molecular weight is 402 g/mol. The number of aromatic hydroxyl groups is 1. The van der Waals surface area contributed by atoms with Crippen LogP contribution in [0.25, 0.3) is 11.6 Å². The second-order valence-corrected chi connectivity index (χ2v) is 7.25. The van der Waals surface area contributed by atoms with Crippen molar-refractivity contribution in [2.24, 2.45) is 0 Å². The van der Waals surface area contributed by atoms with Gasteiger partial charge in [0.05, 0.1) is 4.92 Å². The predicted molar refractivity (Wildman–Crippen MR) is 113 cm³/mol. The van der Waals surface area contributed by atoms with Crippen molar-refractivity contribution in [1.29, 1.82) is 0 Å². The molecule has 0 spiro atoms. The molecule has 0 radical (unpaired) electrons. The van der Waals surface area contributed by atoms with Gasteiger partial charge in [-0.15, -0.1) is 0 Å². The highest BCUT2D eigenvalue weighted by molar-refractivity contribution is 5.86. The molecule has 0 unspecified atom stereocenters. The largest absolute Gasteiger partial charge is 0.508 e. The van der Waals surface area contributed by atoms with E-state index in [0.29, 0.717) is 19.9 Å². The maximum absolute atomic E-state index is 11.1. The summed E-state index contributed by atoms with van der Waals surface area (Å²) in [5.41, 5.74) is 4.74. The van der Waals surface area contributed by atoms with Gasteiger partial charge in [0.15, 0.2) is 6.73 Å². The van der Waals surface area contributed by atoms with Crippen LogP contribution in [-0.4, -0.2) is 23.4 Å². The van der Waals surface area contributed by atoms with Crippen LogP contribution in [0.5, 0.6) is 17.2 Å². The Morgan fingerprint density at radius 1 is 1.00 bits per heavy atom. The van der Waals surface area contributed by atoms with E-state index in [1.54, 1.807) is 24.3 Å². The Kier molecular flexibility index (Phi) is 4.28. The molecule has 0 bridgehead atoms. The minimum Gasteiger partial charge on any atom is -0.508 e. The monoisotopic (exact) mass is 402 g/mol. The van der Waals surface area contributed by atoms with Gasteiger partial charge in [-0.3, -0.25) is 10.1 Å². The molecule has 30 heavy (non-hydrogen) atoms. The summed E-state index contributed by atoms with van der Waals surface area (Å²) in [6.07, 6.45) is 2.08. The smallest absolute Gasteiger partial charge is 0.271 e. The number of nitro benzene ring substituents is 1. The molecule has 2 aliphatic rings. The number of benzene rings is 3.